The summed E-state index contributed by atoms with van der Waals surface area (Å²) < 4.78 is 19.0. The van der Waals surface area contributed by atoms with Crippen molar-refractivity contribution in [3.63, 3.8) is 0 Å². The lowest BCUT2D eigenvalue weighted by atomic mass is 10.1. The second-order valence-corrected chi connectivity index (χ2v) is 4.06. The summed E-state index contributed by atoms with van der Waals surface area (Å²) in [6.45, 7) is 4.94. The Labute approximate surface area is 106 Å². The summed E-state index contributed by atoms with van der Waals surface area (Å²) in [6, 6.07) is 3.96. The number of carboxylic acid groups (broad SMARTS) is 1. The second-order valence-electron chi connectivity index (χ2n) is 4.06. The van der Waals surface area contributed by atoms with Gasteiger partial charge in [0.2, 0.25) is 0 Å². The van der Waals surface area contributed by atoms with Crippen molar-refractivity contribution in [1.82, 2.24) is 0 Å². The fourth-order valence-electron chi connectivity index (χ4n) is 1.92. The fraction of sp³-hybridized carbons (Fsp3) is 0.462. The van der Waals surface area contributed by atoms with Gasteiger partial charge in [0.05, 0.1) is 17.9 Å². The Morgan fingerprint density at radius 1 is 1.56 bits per heavy atom. The van der Waals surface area contributed by atoms with Crippen molar-refractivity contribution < 1.29 is 19.0 Å². The SMILES string of the molecule is CCN(c1ccc(C(=O)O)cc1F)C(C)COC. The number of anilines is 1. The molecule has 1 unspecified atom stereocenters. The van der Waals surface area contributed by atoms with E-state index in [2.05, 4.69) is 0 Å². The van der Waals surface area contributed by atoms with Crippen LogP contribution in [0.4, 0.5) is 10.1 Å². The number of halogens is 1. The first-order valence-electron chi connectivity index (χ1n) is 5.79. The standard InChI is InChI=1S/C13H18FNO3/c1-4-15(9(2)8-18-3)12-6-5-10(13(16)17)7-11(12)14/h5-7,9H,4,8H2,1-3H3,(H,16,17). The van der Waals surface area contributed by atoms with E-state index in [0.717, 1.165) is 6.07 Å². The minimum atomic E-state index is -1.13. The van der Waals surface area contributed by atoms with Crippen molar-refractivity contribution in [2.45, 2.75) is 19.9 Å². The van der Waals surface area contributed by atoms with E-state index in [9.17, 15) is 9.18 Å². The van der Waals surface area contributed by atoms with Gasteiger partial charge in [0.1, 0.15) is 5.82 Å². The summed E-state index contributed by atoms with van der Waals surface area (Å²) in [7, 11) is 1.59. The average Bonchev–Trinajstić information content (AvgIpc) is 2.32. The lowest BCUT2D eigenvalue weighted by Crippen LogP contribution is -2.36. The number of carbonyl (C=O) groups is 1. The van der Waals surface area contributed by atoms with Crippen LogP contribution in [0.15, 0.2) is 18.2 Å². The van der Waals surface area contributed by atoms with Crippen LogP contribution in [0.3, 0.4) is 0 Å². The summed E-state index contributed by atoms with van der Waals surface area (Å²) >= 11 is 0. The molecule has 1 N–H and O–H groups in total. The number of hydrogen-bond donors (Lipinski definition) is 1. The van der Waals surface area contributed by atoms with E-state index in [-0.39, 0.29) is 11.6 Å². The quantitative estimate of drug-likeness (QED) is 0.848. The zero-order valence-electron chi connectivity index (χ0n) is 10.8. The number of nitrogens with zero attached hydrogens (tertiary/aromatic N) is 1. The number of methoxy groups -OCH3 is 1. The molecule has 4 nitrogen and oxygen atoms in total. The maximum Gasteiger partial charge on any atom is 0.335 e. The molecule has 5 heteroatoms. The van der Waals surface area contributed by atoms with Crippen molar-refractivity contribution in [2.24, 2.45) is 0 Å². The fourth-order valence-corrected chi connectivity index (χ4v) is 1.92. The highest BCUT2D eigenvalue weighted by Crippen LogP contribution is 2.22. The van der Waals surface area contributed by atoms with Crippen molar-refractivity contribution >= 4 is 11.7 Å². The van der Waals surface area contributed by atoms with Gasteiger partial charge >= 0.3 is 5.97 Å². The molecule has 1 aromatic carbocycles. The highest BCUT2D eigenvalue weighted by atomic mass is 19.1. The molecule has 0 fully saturated rings. The van der Waals surface area contributed by atoms with Gasteiger partial charge in [-0.15, -0.1) is 0 Å². The third-order valence-electron chi connectivity index (χ3n) is 2.78. The molecule has 0 aliphatic heterocycles. The minimum absolute atomic E-state index is 0.0187. The molecule has 0 spiro atoms. The van der Waals surface area contributed by atoms with Crippen molar-refractivity contribution in [1.29, 1.82) is 0 Å². The number of aromatic carboxylic acids is 1. The summed E-state index contributed by atoms with van der Waals surface area (Å²) in [5, 5.41) is 8.79. The topological polar surface area (TPSA) is 49.8 Å². The predicted octanol–water partition coefficient (Wildman–Crippen LogP) is 2.39. The van der Waals surface area contributed by atoms with Crippen molar-refractivity contribution in [3.05, 3.63) is 29.6 Å². The molecule has 1 rings (SSSR count). The van der Waals surface area contributed by atoms with Gasteiger partial charge in [-0.05, 0) is 32.0 Å². The van der Waals surface area contributed by atoms with Gasteiger partial charge in [0.15, 0.2) is 0 Å². The van der Waals surface area contributed by atoms with Crippen LogP contribution in [0.2, 0.25) is 0 Å². The summed E-state index contributed by atoms with van der Waals surface area (Å²) in [5.41, 5.74) is 0.346. The van der Waals surface area contributed by atoms with E-state index in [4.69, 9.17) is 9.84 Å². The van der Waals surface area contributed by atoms with Crippen LogP contribution in [0.25, 0.3) is 0 Å². The van der Waals surface area contributed by atoms with Crippen LogP contribution in [0.5, 0.6) is 0 Å². The molecule has 18 heavy (non-hydrogen) atoms. The number of rotatable bonds is 6. The minimum Gasteiger partial charge on any atom is -0.478 e. The average molecular weight is 255 g/mol. The van der Waals surface area contributed by atoms with Gasteiger partial charge in [-0.1, -0.05) is 0 Å². The van der Waals surface area contributed by atoms with Crippen LogP contribution in [0, 0.1) is 5.82 Å². The Balaban J connectivity index is 3.03. The molecule has 100 valence electrons. The molecule has 1 aromatic rings. The third-order valence-corrected chi connectivity index (χ3v) is 2.78. The maximum atomic E-state index is 13.9. The van der Waals surface area contributed by atoms with Gasteiger partial charge in [-0.3, -0.25) is 0 Å². The molecule has 0 radical (unpaired) electrons. The molecule has 1 atom stereocenters. The van der Waals surface area contributed by atoms with Gasteiger partial charge in [0, 0.05) is 19.7 Å². The largest absolute Gasteiger partial charge is 0.478 e. The molecule has 0 saturated heterocycles. The highest BCUT2D eigenvalue weighted by molar-refractivity contribution is 5.88. The van der Waals surface area contributed by atoms with Gasteiger partial charge < -0.3 is 14.7 Å². The zero-order valence-corrected chi connectivity index (χ0v) is 10.8. The number of benzene rings is 1. The van der Waals surface area contributed by atoms with Gasteiger partial charge in [-0.25, -0.2) is 9.18 Å². The highest BCUT2D eigenvalue weighted by Gasteiger charge is 2.17. The smallest absolute Gasteiger partial charge is 0.335 e. The molecule has 0 heterocycles. The summed E-state index contributed by atoms with van der Waals surface area (Å²) in [4.78, 5) is 12.6. The van der Waals surface area contributed by atoms with E-state index < -0.39 is 11.8 Å². The van der Waals surface area contributed by atoms with Crippen molar-refractivity contribution in [3.8, 4) is 0 Å². The summed E-state index contributed by atoms with van der Waals surface area (Å²) in [6.07, 6.45) is 0. The lowest BCUT2D eigenvalue weighted by Gasteiger charge is -2.30. The second kappa shape index (κ2) is 6.35. The van der Waals surface area contributed by atoms with Gasteiger partial charge in [0.25, 0.3) is 0 Å². The third kappa shape index (κ3) is 3.20. The van der Waals surface area contributed by atoms with Crippen LogP contribution in [0.1, 0.15) is 24.2 Å². The van der Waals surface area contributed by atoms with E-state index >= 15 is 0 Å². The molecular weight excluding hydrogens is 237 g/mol. The number of hydrogen-bond acceptors (Lipinski definition) is 3. The molecule has 0 aromatic heterocycles. The number of ether oxygens (including phenoxy) is 1. The molecule has 0 saturated carbocycles. The Kier molecular flexibility index (Phi) is 5.09. The predicted molar refractivity (Wildman–Crippen MR) is 67.7 cm³/mol. The lowest BCUT2D eigenvalue weighted by molar-refractivity contribution is 0.0696. The Morgan fingerprint density at radius 3 is 2.67 bits per heavy atom. The Hall–Kier alpha value is -1.62. The normalized spacial score (nSPS) is 12.2. The first kappa shape index (κ1) is 14.4. The molecule has 0 aliphatic carbocycles. The molecule has 0 bridgehead atoms. The first-order chi connectivity index (χ1) is 8.51. The van der Waals surface area contributed by atoms with E-state index in [1.807, 2.05) is 18.7 Å². The Morgan fingerprint density at radius 2 is 2.22 bits per heavy atom. The first-order valence-corrected chi connectivity index (χ1v) is 5.79. The molecule has 0 amide bonds. The monoisotopic (exact) mass is 255 g/mol. The van der Waals surface area contributed by atoms with E-state index in [1.165, 1.54) is 12.1 Å². The number of likely N-dealkylation sites (N-methyl/N-ethyl adjacent to an activating group) is 1. The Bertz CT molecular complexity index is 423. The molecular formula is C13H18FNO3. The van der Waals surface area contributed by atoms with Gasteiger partial charge in [-0.2, -0.15) is 0 Å². The maximum absolute atomic E-state index is 13.9. The van der Waals surface area contributed by atoms with Crippen LogP contribution in [-0.4, -0.2) is 37.4 Å². The van der Waals surface area contributed by atoms with Crippen LogP contribution < -0.4 is 4.90 Å². The summed E-state index contributed by atoms with van der Waals surface area (Å²) in [5.74, 6) is -1.66. The van der Waals surface area contributed by atoms with E-state index in [0.29, 0.717) is 18.8 Å². The van der Waals surface area contributed by atoms with E-state index in [1.54, 1.807) is 7.11 Å². The van der Waals surface area contributed by atoms with Crippen LogP contribution >= 0.6 is 0 Å². The zero-order chi connectivity index (χ0) is 13.7. The van der Waals surface area contributed by atoms with Crippen molar-refractivity contribution in [2.75, 3.05) is 25.2 Å². The van der Waals surface area contributed by atoms with Crippen LogP contribution in [-0.2, 0) is 4.74 Å². The number of carboxylic acids is 1. The molecule has 0 aliphatic rings.